The molecule has 0 N–H and O–H groups in total. The monoisotopic (exact) mass is 379 g/mol. The SMILES string of the molecule is COc1ccc(CCOC(=O)c2ccc(S(C)(=O)=O)c([N+](=O)[O-])c2)cc1. The molecule has 0 unspecified atom stereocenters. The van der Waals surface area contributed by atoms with Gasteiger partial charge in [0.25, 0.3) is 5.69 Å². The molecule has 0 aliphatic heterocycles. The summed E-state index contributed by atoms with van der Waals surface area (Å²) in [6.45, 7) is 0.0762. The van der Waals surface area contributed by atoms with Crippen molar-refractivity contribution in [2.45, 2.75) is 11.3 Å². The van der Waals surface area contributed by atoms with Gasteiger partial charge in [0, 0.05) is 18.7 Å². The highest BCUT2D eigenvalue weighted by Crippen LogP contribution is 2.25. The second-order valence-corrected chi connectivity index (χ2v) is 7.43. The summed E-state index contributed by atoms with van der Waals surface area (Å²) in [6.07, 6.45) is 1.32. The summed E-state index contributed by atoms with van der Waals surface area (Å²) in [5.74, 6) is -0.0503. The third-order valence-electron chi connectivity index (χ3n) is 3.57. The molecular formula is C17H17NO7S. The van der Waals surface area contributed by atoms with E-state index in [9.17, 15) is 23.3 Å². The Morgan fingerprint density at radius 1 is 1.15 bits per heavy atom. The Hall–Kier alpha value is -2.94. The lowest BCUT2D eigenvalue weighted by atomic mass is 10.1. The number of benzene rings is 2. The van der Waals surface area contributed by atoms with Gasteiger partial charge in [-0.05, 0) is 29.8 Å². The zero-order chi connectivity index (χ0) is 19.3. The molecule has 8 nitrogen and oxygen atoms in total. The smallest absolute Gasteiger partial charge is 0.338 e. The maximum atomic E-state index is 12.1. The van der Waals surface area contributed by atoms with Gasteiger partial charge >= 0.3 is 5.97 Å². The molecule has 26 heavy (non-hydrogen) atoms. The second-order valence-electron chi connectivity index (χ2n) is 5.45. The minimum absolute atomic E-state index is 0.0762. The van der Waals surface area contributed by atoms with Crippen LogP contribution in [0.25, 0.3) is 0 Å². The number of methoxy groups -OCH3 is 1. The van der Waals surface area contributed by atoms with Crippen LogP contribution in [0.15, 0.2) is 47.4 Å². The van der Waals surface area contributed by atoms with Crippen molar-refractivity contribution in [1.82, 2.24) is 0 Å². The van der Waals surface area contributed by atoms with Crippen LogP contribution >= 0.6 is 0 Å². The zero-order valence-electron chi connectivity index (χ0n) is 14.2. The van der Waals surface area contributed by atoms with Crippen LogP contribution in [0.5, 0.6) is 5.75 Å². The number of ether oxygens (including phenoxy) is 2. The summed E-state index contributed by atoms with van der Waals surface area (Å²) in [7, 11) is -2.22. The fourth-order valence-corrected chi connectivity index (χ4v) is 3.07. The Balaban J connectivity index is 2.07. The van der Waals surface area contributed by atoms with Crippen molar-refractivity contribution in [3.63, 3.8) is 0 Å². The number of hydrogen-bond acceptors (Lipinski definition) is 7. The predicted molar refractivity (Wildman–Crippen MR) is 93.2 cm³/mol. The molecule has 0 aromatic heterocycles. The summed E-state index contributed by atoms with van der Waals surface area (Å²) < 4.78 is 33.3. The number of nitro groups is 1. The van der Waals surface area contributed by atoms with Crippen molar-refractivity contribution in [2.75, 3.05) is 20.0 Å². The highest BCUT2D eigenvalue weighted by molar-refractivity contribution is 7.90. The maximum Gasteiger partial charge on any atom is 0.338 e. The molecule has 2 aromatic rings. The third-order valence-corrected chi connectivity index (χ3v) is 4.72. The first-order chi connectivity index (χ1) is 12.2. The number of sulfone groups is 1. The molecular weight excluding hydrogens is 362 g/mol. The van der Waals surface area contributed by atoms with E-state index in [1.807, 2.05) is 12.1 Å². The van der Waals surface area contributed by atoms with Crippen LogP contribution in [0.3, 0.4) is 0 Å². The van der Waals surface area contributed by atoms with Crippen molar-refractivity contribution in [2.24, 2.45) is 0 Å². The molecule has 0 saturated heterocycles. The van der Waals surface area contributed by atoms with Crippen LogP contribution in [0.4, 0.5) is 5.69 Å². The van der Waals surface area contributed by atoms with Crippen LogP contribution in [0, 0.1) is 10.1 Å². The molecule has 0 aliphatic carbocycles. The fraction of sp³-hybridized carbons (Fsp3) is 0.235. The Bertz CT molecular complexity index is 921. The van der Waals surface area contributed by atoms with Crippen LogP contribution < -0.4 is 4.74 Å². The molecule has 0 bridgehead atoms. The first-order valence-electron chi connectivity index (χ1n) is 7.51. The maximum absolute atomic E-state index is 12.1. The number of nitro benzene ring substituents is 1. The lowest BCUT2D eigenvalue weighted by molar-refractivity contribution is -0.387. The van der Waals surface area contributed by atoms with Crippen LogP contribution in [0.1, 0.15) is 15.9 Å². The first kappa shape index (κ1) is 19.4. The fourth-order valence-electron chi connectivity index (χ4n) is 2.24. The highest BCUT2D eigenvalue weighted by atomic mass is 32.2. The van der Waals surface area contributed by atoms with Crippen LogP contribution in [-0.4, -0.2) is 39.3 Å². The number of nitrogens with zero attached hydrogens (tertiary/aromatic N) is 1. The van der Waals surface area contributed by atoms with Gasteiger partial charge in [-0.1, -0.05) is 12.1 Å². The van der Waals surface area contributed by atoms with Gasteiger partial charge < -0.3 is 9.47 Å². The number of rotatable bonds is 7. The summed E-state index contributed by atoms with van der Waals surface area (Å²) in [5.41, 5.74) is 0.188. The standard InChI is InChI=1S/C17H17NO7S/c1-24-14-6-3-12(4-7-14)9-10-25-17(19)13-5-8-16(26(2,22)23)15(11-13)18(20)21/h3-8,11H,9-10H2,1-2H3. The van der Waals surface area contributed by atoms with Gasteiger partial charge in [0.1, 0.15) is 10.6 Å². The summed E-state index contributed by atoms with van der Waals surface area (Å²) in [4.78, 5) is 21.8. The number of esters is 1. The van der Waals surface area contributed by atoms with E-state index >= 15 is 0 Å². The molecule has 0 amide bonds. The molecule has 2 rings (SSSR count). The summed E-state index contributed by atoms with van der Waals surface area (Å²) in [5, 5.41) is 11.1. The molecule has 0 saturated carbocycles. The highest BCUT2D eigenvalue weighted by Gasteiger charge is 2.24. The third kappa shape index (κ3) is 4.79. The Labute approximate surface area is 150 Å². The molecule has 2 aromatic carbocycles. The van der Waals surface area contributed by atoms with Crippen molar-refractivity contribution < 1.29 is 27.6 Å². The van der Waals surface area contributed by atoms with Crippen LogP contribution in [-0.2, 0) is 21.0 Å². The molecule has 0 heterocycles. The lowest BCUT2D eigenvalue weighted by Crippen LogP contribution is -2.10. The van der Waals surface area contributed by atoms with E-state index in [4.69, 9.17) is 9.47 Å². The molecule has 0 fully saturated rings. The number of hydrogen-bond donors (Lipinski definition) is 0. The number of carbonyl (C=O) groups is 1. The van der Waals surface area contributed by atoms with Gasteiger partial charge in [-0.15, -0.1) is 0 Å². The first-order valence-corrected chi connectivity index (χ1v) is 9.40. The van der Waals surface area contributed by atoms with Gasteiger partial charge in [0.05, 0.1) is 24.2 Å². The average molecular weight is 379 g/mol. The average Bonchev–Trinajstić information content (AvgIpc) is 2.60. The van der Waals surface area contributed by atoms with E-state index < -0.39 is 31.3 Å². The van der Waals surface area contributed by atoms with E-state index in [1.165, 1.54) is 6.07 Å². The molecule has 138 valence electrons. The van der Waals surface area contributed by atoms with E-state index in [0.717, 1.165) is 24.0 Å². The predicted octanol–water partition coefficient (Wildman–Crippen LogP) is 2.41. The van der Waals surface area contributed by atoms with Gasteiger partial charge in [0.15, 0.2) is 9.84 Å². The van der Waals surface area contributed by atoms with Gasteiger partial charge in [0.2, 0.25) is 0 Å². The lowest BCUT2D eigenvalue weighted by Gasteiger charge is -2.07. The molecule has 0 atom stereocenters. The zero-order valence-corrected chi connectivity index (χ0v) is 15.0. The van der Waals surface area contributed by atoms with Crippen molar-refractivity contribution in [1.29, 1.82) is 0 Å². The quantitative estimate of drug-likeness (QED) is 0.412. The molecule has 0 spiro atoms. The van der Waals surface area contributed by atoms with Crippen molar-refractivity contribution in [3.05, 3.63) is 63.7 Å². The van der Waals surface area contributed by atoms with Crippen LogP contribution in [0.2, 0.25) is 0 Å². The molecule has 0 radical (unpaired) electrons. The Morgan fingerprint density at radius 3 is 2.35 bits per heavy atom. The van der Waals surface area contributed by atoms with Crippen molar-refractivity contribution >= 4 is 21.5 Å². The topological polar surface area (TPSA) is 113 Å². The van der Waals surface area contributed by atoms with E-state index in [0.29, 0.717) is 12.2 Å². The van der Waals surface area contributed by atoms with Gasteiger partial charge in [-0.3, -0.25) is 10.1 Å². The molecule has 9 heteroatoms. The summed E-state index contributed by atoms with van der Waals surface area (Å²) in [6, 6.07) is 10.4. The van der Waals surface area contributed by atoms with Gasteiger partial charge in [-0.25, -0.2) is 13.2 Å². The largest absolute Gasteiger partial charge is 0.497 e. The van der Waals surface area contributed by atoms with E-state index in [2.05, 4.69) is 0 Å². The minimum atomic E-state index is -3.78. The molecule has 0 aliphatic rings. The normalized spacial score (nSPS) is 11.0. The van der Waals surface area contributed by atoms with Crippen molar-refractivity contribution in [3.8, 4) is 5.75 Å². The Morgan fingerprint density at radius 2 is 1.81 bits per heavy atom. The van der Waals surface area contributed by atoms with Gasteiger partial charge in [-0.2, -0.15) is 0 Å². The second kappa shape index (κ2) is 7.96. The Kier molecular flexibility index (Phi) is 5.93. The van der Waals surface area contributed by atoms with E-state index in [-0.39, 0.29) is 12.2 Å². The van der Waals surface area contributed by atoms with E-state index in [1.54, 1.807) is 19.2 Å². The summed E-state index contributed by atoms with van der Waals surface area (Å²) >= 11 is 0. The number of carbonyl (C=O) groups excluding carboxylic acids is 1. The minimum Gasteiger partial charge on any atom is -0.497 e.